The normalized spacial score (nSPS) is 19.5. The average Bonchev–Trinajstić information content (AvgIpc) is 3.43. The molecule has 1 aliphatic heterocycles. The van der Waals surface area contributed by atoms with Crippen molar-refractivity contribution in [1.29, 1.82) is 0 Å². The number of nitrogens with zero attached hydrogens (tertiary/aromatic N) is 2. The first-order valence-corrected chi connectivity index (χ1v) is 10.1. The Morgan fingerprint density at radius 1 is 0.964 bits per heavy atom. The molecule has 1 aliphatic carbocycles. The Morgan fingerprint density at radius 2 is 1.68 bits per heavy atom. The van der Waals surface area contributed by atoms with Gasteiger partial charge in [0.05, 0.1) is 6.26 Å². The van der Waals surface area contributed by atoms with E-state index < -0.39 is 0 Å². The molecule has 1 atom stereocenters. The van der Waals surface area contributed by atoms with Gasteiger partial charge in [-0.3, -0.25) is 14.5 Å². The fraction of sp³-hybridized carbons (Fsp3) is 0.455. The fourth-order valence-electron chi connectivity index (χ4n) is 4.25. The lowest BCUT2D eigenvalue weighted by atomic mass is 10.0. The molecule has 2 aliphatic rings. The molecular formula is C22H27N3O3. The van der Waals surface area contributed by atoms with E-state index in [1.54, 1.807) is 17.0 Å². The number of furan rings is 1. The molecular weight excluding hydrogens is 354 g/mol. The van der Waals surface area contributed by atoms with Crippen LogP contribution in [-0.4, -0.2) is 53.8 Å². The van der Waals surface area contributed by atoms with E-state index in [4.69, 9.17) is 4.42 Å². The fourth-order valence-corrected chi connectivity index (χ4v) is 4.25. The van der Waals surface area contributed by atoms with Crippen molar-refractivity contribution in [2.45, 2.75) is 37.8 Å². The number of rotatable bonds is 5. The second-order valence-corrected chi connectivity index (χ2v) is 7.61. The van der Waals surface area contributed by atoms with E-state index in [1.807, 2.05) is 30.3 Å². The third-order valence-electron chi connectivity index (χ3n) is 5.76. The summed E-state index contributed by atoms with van der Waals surface area (Å²) in [5.41, 5.74) is 1.00. The van der Waals surface area contributed by atoms with Crippen molar-refractivity contribution < 1.29 is 14.0 Å². The van der Waals surface area contributed by atoms with Gasteiger partial charge in [0.15, 0.2) is 5.76 Å². The van der Waals surface area contributed by atoms with Crippen molar-refractivity contribution in [3.8, 4) is 0 Å². The van der Waals surface area contributed by atoms with E-state index in [0.717, 1.165) is 18.4 Å². The van der Waals surface area contributed by atoms with Crippen molar-refractivity contribution in [2.24, 2.45) is 0 Å². The molecule has 6 nitrogen and oxygen atoms in total. The molecule has 0 bridgehead atoms. The topological polar surface area (TPSA) is 65.8 Å². The number of amides is 2. The molecule has 148 valence electrons. The zero-order valence-electron chi connectivity index (χ0n) is 16.0. The number of benzene rings is 1. The van der Waals surface area contributed by atoms with Crippen LogP contribution in [0.1, 0.15) is 47.8 Å². The summed E-state index contributed by atoms with van der Waals surface area (Å²) >= 11 is 0. The van der Waals surface area contributed by atoms with Gasteiger partial charge in [-0.05, 0) is 30.5 Å². The summed E-state index contributed by atoms with van der Waals surface area (Å²) in [7, 11) is 0. The summed E-state index contributed by atoms with van der Waals surface area (Å²) in [6.07, 6.45) is 6.03. The predicted molar refractivity (Wildman–Crippen MR) is 106 cm³/mol. The zero-order chi connectivity index (χ0) is 19.3. The third-order valence-corrected chi connectivity index (χ3v) is 5.76. The molecule has 28 heavy (non-hydrogen) atoms. The van der Waals surface area contributed by atoms with Crippen LogP contribution < -0.4 is 5.32 Å². The van der Waals surface area contributed by atoms with Gasteiger partial charge in [0.1, 0.15) is 6.04 Å². The van der Waals surface area contributed by atoms with E-state index in [0.29, 0.717) is 38.0 Å². The van der Waals surface area contributed by atoms with Gasteiger partial charge in [-0.1, -0.05) is 43.2 Å². The molecule has 2 amide bonds. The molecule has 2 aromatic rings. The second kappa shape index (κ2) is 8.61. The molecule has 4 rings (SSSR count). The van der Waals surface area contributed by atoms with Gasteiger partial charge in [-0.15, -0.1) is 0 Å². The van der Waals surface area contributed by atoms with E-state index in [1.165, 1.54) is 19.1 Å². The summed E-state index contributed by atoms with van der Waals surface area (Å²) in [5, 5.41) is 3.25. The lowest BCUT2D eigenvalue weighted by Crippen LogP contribution is -2.53. The third kappa shape index (κ3) is 4.12. The molecule has 0 radical (unpaired) electrons. The zero-order valence-corrected chi connectivity index (χ0v) is 16.0. The average molecular weight is 381 g/mol. The molecule has 0 spiro atoms. The Balaban J connectivity index is 1.45. The van der Waals surface area contributed by atoms with Crippen LogP contribution in [0.15, 0.2) is 53.1 Å². The van der Waals surface area contributed by atoms with Crippen LogP contribution in [0.3, 0.4) is 0 Å². The van der Waals surface area contributed by atoms with Crippen molar-refractivity contribution in [2.75, 3.05) is 26.2 Å². The SMILES string of the molecule is O=C(NC1CCCC1)C(c1ccccc1)N1CCN(C(=O)c2ccco2)CC1. The monoisotopic (exact) mass is 381 g/mol. The number of hydrogen-bond donors (Lipinski definition) is 1. The van der Waals surface area contributed by atoms with E-state index >= 15 is 0 Å². The van der Waals surface area contributed by atoms with Crippen LogP contribution in [0.5, 0.6) is 0 Å². The van der Waals surface area contributed by atoms with Gasteiger partial charge in [-0.2, -0.15) is 0 Å². The first kappa shape index (κ1) is 18.7. The number of piperazine rings is 1. The molecule has 1 unspecified atom stereocenters. The summed E-state index contributed by atoms with van der Waals surface area (Å²) in [5.74, 6) is 0.354. The lowest BCUT2D eigenvalue weighted by Gasteiger charge is -2.38. The highest BCUT2D eigenvalue weighted by Crippen LogP contribution is 2.25. The molecule has 1 saturated carbocycles. The van der Waals surface area contributed by atoms with Gasteiger partial charge in [-0.25, -0.2) is 0 Å². The van der Waals surface area contributed by atoms with Crippen molar-refractivity contribution in [1.82, 2.24) is 15.1 Å². The van der Waals surface area contributed by atoms with Crippen molar-refractivity contribution >= 4 is 11.8 Å². The summed E-state index contributed by atoms with van der Waals surface area (Å²) in [6.45, 7) is 2.48. The standard InChI is InChI=1S/C22H27N3O3/c26-21(23-18-9-4-5-10-18)20(17-7-2-1-3-8-17)24-12-14-25(15-13-24)22(27)19-11-6-16-28-19/h1-3,6-8,11,16,18,20H,4-5,9-10,12-15H2,(H,23,26). The number of carbonyl (C=O) groups excluding carboxylic acids is 2. The maximum Gasteiger partial charge on any atom is 0.289 e. The molecule has 1 aromatic carbocycles. The number of hydrogen-bond acceptors (Lipinski definition) is 4. The Bertz CT molecular complexity index is 777. The minimum absolute atomic E-state index is 0.0731. The highest BCUT2D eigenvalue weighted by atomic mass is 16.3. The highest BCUT2D eigenvalue weighted by Gasteiger charge is 2.33. The first-order valence-electron chi connectivity index (χ1n) is 10.1. The Kier molecular flexibility index (Phi) is 5.76. The predicted octanol–water partition coefficient (Wildman–Crippen LogP) is 2.84. The van der Waals surface area contributed by atoms with Gasteiger partial charge >= 0.3 is 0 Å². The second-order valence-electron chi connectivity index (χ2n) is 7.61. The minimum atomic E-state index is -0.317. The Morgan fingerprint density at radius 3 is 2.32 bits per heavy atom. The van der Waals surface area contributed by atoms with Crippen molar-refractivity contribution in [3.63, 3.8) is 0 Å². The first-order chi connectivity index (χ1) is 13.7. The van der Waals surface area contributed by atoms with Crippen LogP contribution in [0.25, 0.3) is 0 Å². The van der Waals surface area contributed by atoms with Crippen LogP contribution in [0.4, 0.5) is 0 Å². The van der Waals surface area contributed by atoms with Crippen LogP contribution in [0, 0.1) is 0 Å². The van der Waals surface area contributed by atoms with E-state index in [9.17, 15) is 9.59 Å². The Hall–Kier alpha value is -2.60. The lowest BCUT2D eigenvalue weighted by molar-refractivity contribution is -0.128. The van der Waals surface area contributed by atoms with Crippen LogP contribution in [-0.2, 0) is 4.79 Å². The van der Waals surface area contributed by atoms with Crippen molar-refractivity contribution in [3.05, 3.63) is 60.1 Å². The number of nitrogens with one attached hydrogen (secondary N) is 1. The highest BCUT2D eigenvalue weighted by molar-refractivity contribution is 5.91. The van der Waals surface area contributed by atoms with E-state index in [-0.39, 0.29) is 17.9 Å². The number of carbonyl (C=O) groups is 2. The molecule has 2 fully saturated rings. The summed E-state index contributed by atoms with van der Waals surface area (Å²) in [6, 6.07) is 13.3. The Labute approximate surface area is 165 Å². The minimum Gasteiger partial charge on any atom is -0.459 e. The quantitative estimate of drug-likeness (QED) is 0.865. The van der Waals surface area contributed by atoms with Gasteiger partial charge in [0.25, 0.3) is 5.91 Å². The van der Waals surface area contributed by atoms with Gasteiger partial charge in [0, 0.05) is 32.2 Å². The summed E-state index contributed by atoms with van der Waals surface area (Å²) in [4.78, 5) is 29.6. The maximum absolute atomic E-state index is 13.2. The molecule has 6 heteroatoms. The molecule has 1 aromatic heterocycles. The molecule has 2 heterocycles. The smallest absolute Gasteiger partial charge is 0.289 e. The van der Waals surface area contributed by atoms with Crippen LogP contribution >= 0.6 is 0 Å². The maximum atomic E-state index is 13.2. The van der Waals surface area contributed by atoms with Crippen LogP contribution in [0.2, 0.25) is 0 Å². The molecule has 1 N–H and O–H groups in total. The largest absolute Gasteiger partial charge is 0.459 e. The van der Waals surface area contributed by atoms with Gasteiger partial charge in [0.2, 0.25) is 5.91 Å². The van der Waals surface area contributed by atoms with Gasteiger partial charge < -0.3 is 14.6 Å². The van der Waals surface area contributed by atoms with E-state index in [2.05, 4.69) is 10.2 Å². The summed E-state index contributed by atoms with van der Waals surface area (Å²) < 4.78 is 5.24. The molecule has 1 saturated heterocycles.